The van der Waals surface area contributed by atoms with Crippen LogP contribution in [0.1, 0.15) is 62.6 Å². The number of carbonyl (C=O) groups excluding carboxylic acids is 6. The molecule has 2 saturated heterocycles. The number of fused-ring (bicyclic) bond motifs is 2. The van der Waals surface area contributed by atoms with Gasteiger partial charge in [-0.05, 0) is 61.1 Å². The summed E-state index contributed by atoms with van der Waals surface area (Å²) in [6.45, 7) is 3.46. The zero-order chi connectivity index (χ0) is 42.1. The molecule has 3 heterocycles. The zero-order valence-corrected chi connectivity index (χ0v) is 33.3. The number of para-hydroxylation sites is 1. The SMILES string of the molecule is CCCC[C@@H]1NC(=O)[C@H](Cc2c[nH]c3ccccc23)NC(=O)[C@@H](Cc2ccc(O)cc2)NC(=O)[C@@H]2CCCN2C(=O)[C@H](Cc2ccccc2)NC(=O)[C@@H]([C@@H](C)O)NC1=O. The van der Waals surface area contributed by atoms with Crippen molar-refractivity contribution in [3.8, 4) is 5.75 Å². The lowest BCUT2D eigenvalue weighted by Crippen LogP contribution is -2.63. The highest BCUT2D eigenvalue weighted by atomic mass is 16.3. The molecular weight excluding hydrogens is 755 g/mol. The molecule has 15 nitrogen and oxygen atoms in total. The predicted octanol–water partition coefficient (Wildman–Crippen LogP) is 1.90. The first-order valence-electron chi connectivity index (χ1n) is 20.3. The lowest BCUT2D eigenvalue weighted by Gasteiger charge is -2.32. The fraction of sp³-hybridized carbons (Fsp3) is 0.409. The predicted molar refractivity (Wildman–Crippen MR) is 220 cm³/mol. The van der Waals surface area contributed by atoms with Crippen LogP contribution >= 0.6 is 0 Å². The van der Waals surface area contributed by atoms with Crippen LogP contribution in [0.25, 0.3) is 10.9 Å². The summed E-state index contributed by atoms with van der Waals surface area (Å²) >= 11 is 0. The van der Waals surface area contributed by atoms with Crippen LogP contribution in [0.3, 0.4) is 0 Å². The molecule has 7 atom stereocenters. The van der Waals surface area contributed by atoms with E-state index in [-0.39, 0.29) is 44.4 Å². The summed E-state index contributed by atoms with van der Waals surface area (Å²) in [7, 11) is 0. The van der Waals surface area contributed by atoms with Crippen LogP contribution in [0, 0.1) is 0 Å². The van der Waals surface area contributed by atoms with E-state index in [1.165, 1.54) is 24.0 Å². The molecule has 2 fully saturated rings. The minimum atomic E-state index is -1.51. The van der Waals surface area contributed by atoms with Gasteiger partial charge in [0.15, 0.2) is 0 Å². The average Bonchev–Trinajstić information content (AvgIpc) is 3.89. The van der Waals surface area contributed by atoms with Crippen molar-refractivity contribution in [3.05, 3.63) is 102 Å². The number of nitrogens with zero attached hydrogens (tertiary/aromatic N) is 1. The van der Waals surface area contributed by atoms with Crippen LogP contribution in [0.5, 0.6) is 5.75 Å². The summed E-state index contributed by atoms with van der Waals surface area (Å²) in [5.74, 6) is -4.01. The number of phenols is 1. The number of hydrogen-bond acceptors (Lipinski definition) is 8. The summed E-state index contributed by atoms with van der Waals surface area (Å²) < 4.78 is 0. The zero-order valence-electron chi connectivity index (χ0n) is 33.3. The molecule has 8 N–H and O–H groups in total. The van der Waals surface area contributed by atoms with Gasteiger partial charge in [-0.25, -0.2) is 0 Å². The third kappa shape index (κ3) is 10.6. The quantitative estimate of drug-likeness (QED) is 0.118. The second-order valence-corrected chi connectivity index (χ2v) is 15.4. The largest absolute Gasteiger partial charge is 0.508 e. The van der Waals surface area contributed by atoms with Crippen molar-refractivity contribution in [2.75, 3.05) is 6.54 Å². The molecule has 312 valence electrons. The smallest absolute Gasteiger partial charge is 0.246 e. The highest BCUT2D eigenvalue weighted by molar-refractivity contribution is 5.99. The van der Waals surface area contributed by atoms with Crippen molar-refractivity contribution in [1.29, 1.82) is 0 Å². The molecule has 0 spiro atoms. The number of aliphatic hydroxyl groups is 1. The normalized spacial score (nSPS) is 24.2. The summed E-state index contributed by atoms with van der Waals surface area (Å²) in [6.07, 6.45) is 2.53. The Labute approximate surface area is 342 Å². The molecule has 0 unspecified atom stereocenters. The number of unbranched alkanes of at least 4 members (excludes halogenated alkanes) is 1. The molecule has 4 aromatic rings. The van der Waals surface area contributed by atoms with Gasteiger partial charge in [0.05, 0.1) is 6.10 Å². The molecule has 0 radical (unpaired) electrons. The Morgan fingerprint density at radius 3 is 1.98 bits per heavy atom. The average molecular weight is 808 g/mol. The molecule has 6 rings (SSSR count). The minimum absolute atomic E-state index is 0.00991. The fourth-order valence-corrected chi connectivity index (χ4v) is 7.77. The van der Waals surface area contributed by atoms with Crippen molar-refractivity contribution in [2.24, 2.45) is 0 Å². The van der Waals surface area contributed by atoms with E-state index in [1.807, 2.05) is 37.3 Å². The van der Waals surface area contributed by atoms with Crippen LogP contribution < -0.4 is 26.6 Å². The van der Waals surface area contributed by atoms with E-state index in [0.717, 1.165) is 16.5 Å². The Bertz CT molecular complexity index is 2120. The number of H-pyrrole nitrogens is 1. The third-order valence-electron chi connectivity index (χ3n) is 11.0. The van der Waals surface area contributed by atoms with E-state index < -0.39 is 77.8 Å². The maximum Gasteiger partial charge on any atom is 0.246 e. The molecule has 6 amide bonds. The first-order chi connectivity index (χ1) is 28.4. The van der Waals surface area contributed by atoms with E-state index in [4.69, 9.17) is 0 Å². The summed E-state index contributed by atoms with van der Waals surface area (Å²) in [5, 5.41) is 35.5. The number of nitrogens with one attached hydrogen (secondary N) is 6. The molecule has 0 bridgehead atoms. The number of hydrogen-bond donors (Lipinski definition) is 8. The van der Waals surface area contributed by atoms with Crippen molar-refractivity contribution in [2.45, 2.75) is 108 Å². The first kappa shape index (κ1) is 42.4. The molecule has 59 heavy (non-hydrogen) atoms. The molecule has 15 heteroatoms. The molecule has 2 aliphatic heterocycles. The Balaban J connectivity index is 1.40. The maximum absolute atomic E-state index is 14.5. The van der Waals surface area contributed by atoms with E-state index in [1.54, 1.807) is 42.6 Å². The number of aromatic amines is 1. The Kier molecular flexibility index (Phi) is 14.0. The molecule has 0 saturated carbocycles. The maximum atomic E-state index is 14.5. The molecule has 0 aliphatic carbocycles. The first-order valence-corrected chi connectivity index (χ1v) is 20.3. The van der Waals surface area contributed by atoms with Gasteiger partial charge in [0.25, 0.3) is 0 Å². The van der Waals surface area contributed by atoms with Gasteiger partial charge in [0, 0.05) is 42.9 Å². The summed E-state index contributed by atoms with van der Waals surface area (Å²) in [5.41, 5.74) is 2.86. The number of aromatic hydroxyl groups is 1. The van der Waals surface area contributed by atoms with Crippen molar-refractivity contribution in [3.63, 3.8) is 0 Å². The van der Waals surface area contributed by atoms with Gasteiger partial charge in [-0.2, -0.15) is 0 Å². The number of aromatic nitrogens is 1. The molecule has 3 aromatic carbocycles. The van der Waals surface area contributed by atoms with E-state index in [0.29, 0.717) is 30.4 Å². The van der Waals surface area contributed by atoms with Crippen molar-refractivity contribution >= 4 is 46.3 Å². The second kappa shape index (κ2) is 19.5. The van der Waals surface area contributed by atoms with Gasteiger partial charge in [-0.3, -0.25) is 28.8 Å². The summed E-state index contributed by atoms with van der Waals surface area (Å²) in [6, 6.07) is 15.3. The lowest BCUT2D eigenvalue weighted by atomic mass is 10.00. The molecule has 2 aliphatic rings. The van der Waals surface area contributed by atoms with Gasteiger partial charge in [0.1, 0.15) is 42.0 Å². The fourth-order valence-electron chi connectivity index (χ4n) is 7.77. The third-order valence-corrected chi connectivity index (χ3v) is 11.0. The monoisotopic (exact) mass is 807 g/mol. The van der Waals surface area contributed by atoms with Crippen LogP contribution in [-0.4, -0.2) is 104 Å². The topological polar surface area (TPSA) is 222 Å². The van der Waals surface area contributed by atoms with E-state index in [2.05, 4.69) is 31.6 Å². The number of carbonyl (C=O) groups is 6. The van der Waals surface area contributed by atoms with Crippen LogP contribution in [0.4, 0.5) is 0 Å². The van der Waals surface area contributed by atoms with E-state index in [9.17, 15) is 39.0 Å². The Hall–Kier alpha value is -6.22. The van der Waals surface area contributed by atoms with Crippen molar-refractivity contribution < 1.29 is 39.0 Å². The number of amides is 6. The standard InChI is InChI=1S/C44H53N7O8/c1-3-4-14-33-39(54)50-38(26(2)52)43(58)49-36(23-27-11-6-5-7-12-27)44(59)51-21-10-16-37(51)42(57)48-34(22-28-17-19-30(53)20-18-28)40(55)47-35(41(56)46-33)24-29-25-45-32-15-9-8-13-31(29)32/h5-9,11-13,15,17-20,25-26,33-38,45,52-53H,3-4,10,14,16,21-24H2,1-2H3,(H,46,56)(H,47,55)(H,48,57)(H,49,58)(H,50,54)/t26-,33+,34-,35+,36+,37+,38-/m1/s1. The van der Waals surface area contributed by atoms with Crippen LogP contribution in [0.15, 0.2) is 85.1 Å². The van der Waals surface area contributed by atoms with Crippen LogP contribution in [0.2, 0.25) is 0 Å². The van der Waals surface area contributed by atoms with Gasteiger partial charge in [-0.1, -0.05) is 80.4 Å². The minimum Gasteiger partial charge on any atom is -0.508 e. The number of aliphatic hydroxyl groups excluding tert-OH is 1. The molecule has 1 aromatic heterocycles. The highest BCUT2D eigenvalue weighted by Gasteiger charge is 2.41. The second-order valence-electron chi connectivity index (χ2n) is 15.4. The van der Waals surface area contributed by atoms with Gasteiger partial charge < -0.3 is 46.7 Å². The molecular formula is C44H53N7O8. The number of benzene rings is 3. The van der Waals surface area contributed by atoms with E-state index >= 15 is 0 Å². The van der Waals surface area contributed by atoms with Gasteiger partial charge in [0.2, 0.25) is 35.4 Å². The summed E-state index contributed by atoms with van der Waals surface area (Å²) in [4.78, 5) is 90.2. The van der Waals surface area contributed by atoms with Gasteiger partial charge in [-0.15, -0.1) is 0 Å². The van der Waals surface area contributed by atoms with Crippen LogP contribution in [-0.2, 0) is 48.0 Å². The Morgan fingerprint density at radius 1 is 0.678 bits per heavy atom. The lowest BCUT2D eigenvalue weighted by molar-refractivity contribution is -0.143. The number of rotatable bonds is 10. The Morgan fingerprint density at radius 2 is 1.27 bits per heavy atom. The highest BCUT2D eigenvalue weighted by Crippen LogP contribution is 2.23. The number of phenolic OH excluding ortho intramolecular Hbond substituents is 1. The van der Waals surface area contributed by atoms with Crippen molar-refractivity contribution in [1.82, 2.24) is 36.5 Å². The van der Waals surface area contributed by atoms with Gasteiger partial charge >= 0.3 is 0 Å².